The zero-order valence-electron chi connectivity index (χ0n) is 17.5. The lowest BCUT2D eigenvalue weighted by Crippen LogP contribution is -2.38. The van der Waals surface area contributed by atoms with Gasteiger partial charge in [0.25, 0.3) is 15.9 Å². The number of anilines is 1. The van der Waals surface area contributed by atoms with Gasteiger partial charge in [-0.05, 0) is 55.3 Å². The van der Waals surface area contributed by atoms with Crippen molar-refractivity contribution in [3.63, 3.8) is 0 Å². The van der Waals surface area contributed by atoms with Crippen molar-refractivity contribution in [1.82, 2.24) is 5.32 Å². The van der Waals surface area contributed by atoms with Crippen LogP contribution >= 0.6 is 11.6 Å². The van der Waals surface area contributed by atoms with E-state index in [1.165, 1.54) is 31.3 Å². The summed E-state index contributed by atoms with van der Waals surface area (Å²) in [4.78, 5) is 24.4. The first-order valence-corrected chi connectivity index (χ1v) is 12.0. The fourth-order valence-electron chi connectivity index (χ4n) is 3.49. The van der Waals surface area contributed by atoms with E-state index in [-0.39, 0.29) is 27.2 Å². The Balaban J connectivity index is 1.70. The molecule has 1 amide bonds. The van der Waals surface area contributed by atoms with Crippen LogP contribution in [0.1, 0.15) is 42.5 Å². The van der Waals surface area contributed by atoms with Crippen molar-refractivity contribution >= 4 is 39.2 Å². The van der Waals surface area contributed by atoms with Crippen LogP contribution in [0.4, 0.5) is 10.1 Å². The first-order chi connectivity index (χ1) is 15.2. The van der Waals surface area contributed by atoms with Crippen molar-refractivity contribution < 1.29 is 27.1 Å². The number of carbonyl (C=O) groups is 2. The van der Waals surface area contributed by atoms with Crippen LogP contribution in [0.5, 0.6) is 0 Å². The molecule has 1 fully saturated rings. The molecule has 2 aromatic rings. The second-order valence-electron chi connectivity index (χ2n) is 7.57. The number of amides is 1. The highest BCUT2D eigenvalue weighted by atomic mass is 35.5. The molecule has 1 N–H and O–H groups in total. The zero-order chi connectivity index (χ0) is 23.3. The Labute approximate surface area is 191 Å². The normalized spacial score (nSPS) is 14.6. The van der Waals surface area contributed by atoms with Crippen LogP contribution in [-0.4, -0.2) is 40.0 Å². The highest BCUT2D eigenvalue weighted by Gasteiger charge is 2.25. The van der Waals surface area contributed by atoms with E-state index in [1.54, 1.807) is 0 Å². The SMILES string of the molecule is CN(c1ccc(F)cc1)S(=O)(=O)c1ccc(Cl)c(C(=O)OCC(=O)NC2CCCCC2)c1. The molecular formula is C22H24ClFN2O5S. The van der Waals surface area contributed by atoms with Crippen LogP contribution in [0.3, 0.4) is 0 Å². The summed E-state index contributed by atoms with van der Waals surface area (Å²) in [6.07, 6.45) is 5.04. The molecule has 7 nitrogen and oxygen atoms in total. The Hall–Kier alpha value is -2.65. The van der Waals surface area contributed by atoms with Crippen molar-refractivity contribution in [2.75, 3.05) is 18.0 Å². The molecule has 32 heavy (non-hydrogen) atoms. The van der Waals surface area contributed by atoms with Gasteiger partial charge in [-0.15, -0.1) is 0 Å². The van der Waals surface area contributed by atoms with Gasteiger partial charge in [0, 0.05) is 13.1 Å². The molecule has 1 saturated carbocycles. The van der Waals surface area contributed by atoms with E-state index in [0.29, 0.717) is 0 Å². The minimum Gasteiger partial charge on any atom is -0.452 e. The minimum absolute atomic E-state index is 0.00826. The number of rotatable bonds is 7. The van der Waals surface area contributed by atoms with E-state index in [2.05, 4.69) is 5.32 Å². The van der Waals surface area contributed by atoms with E-state index in [4.69, 9.17) is 16.3 Å². The summed E-state index contributed by atoms with van der Waals surface area (Å²) in [6.45, 7) is -0.488. The molecule has 0 radical (unpaired) electrons. The maximum Gasteiger partial charge on any atom is 0.340 e. The van der Waals surface area contributed by atoms with Gasteiger partial charge in [0.05, 0.1) is 21.2 Å². The average molecular weight is 483 g/mol. The molecule has 0 bridgehead atoms. The summed E-state index contributed by atoms with van der Waals surface area (Å²) in [7, 11) is -2.75. The van der Waals surface area contributed by atoms with Crippen LogP contribution in [0, 0.1) is 5.82 Å². The predicted octanol–water partition coefficient (Wildman–Crippen LogP) is 3.91. The van der Waals surface area contributed by atoms with Gasteiger partial charge >= 0.3 is 5.97 Å². The number of benzene rings is 2. The molecule has 0 aliphatic heterocycles. The Kier molecular flexibility index (Phi) is 7.73. The highest BCUT2D eigenvalue weighted by molar-refractivity contribution is 7.92. The highest BCUT2D eigenvalue weighted by Crippen LogP contribution is 2.26. The van der Waals surface area contributed by atoms with E-state index >= 15 is 0 Å². The number of esters is 1. The van der Waals surface area contributed by atoms with Gasteiger partial charge in [-0.2, -0.15) is 0 Å². The van der Waals surface area contributed by atoms with Crippen molar-refractivity contribution in [2.24, 2.45) is 0 Å². The summed E-state index contributed by atoms with van der Waals surface area (Å²) >= 11 is 6.07. The molecule has 3 rings (SSSR count). The Morgan fingerprint density at radius 1 is 1.12 bits per heavy atom. The summed E-state index contributed by atoms with van der Waals surface area (Å²) in [5, 5.41) is 2.83. The Bertz CT molecular complexity index is 1090. The molecule has 2 aromatic carbocycles. The Morgan fingerprint density at radius 2 is 1.78 bits per heavy atom. The summed E-state index contributed by atoms with van der Waals surface area (Å²) < 4.78 is 45.1. The lowest BCUT2D eigenvalue weighted by Gasteiger charge is -2.22. The summed E-state index contributed by atoms with van der Waals surface area (Å²) in [6, 6.07) is 8.63. The number of hydrogen-bond donors (Lipinski definition) is 1. The van der Waals surface area contributed by atoms with Crippen LogP contribution in [0.25, 0.3) is 0 Å². The zero-order valence-corrected chi connectivity index (χ0v) is 19.1. The summed E-state index contributed by atoms with van der Waals surface area (Å²) in [5.41, 5.74) is 0.0653. The maximum absolute atomic E-state index is 13.2. The first-order valence-electron chi connectivity index (χ1n) is 10.2. The second kappa shape index (κ2) is 10.3. The van der Waals surface area contributed by atoms with Crippen LogP contribution in [0.2, 0.25) is 5.02 Å². The van der Waals surface area contributed by atoms with Gasteiger partial charge in [-0.25, -0.2) is 17.6 Å². The van der Waals surface area contributed by atoms with Gasteiger partial charge in [0.2, 0.25) is 0 Å². The molecule has 0 atom stereocenters. The third kappa shape index (κ3) is 5.77. The number of sulfonamides is 1. The lowest BCUT2D eigenvalue weighted by atomic mass is 9.95. The molecule has 0 spiro atoms. The lowest BCUT2D eigenvalue weighted by molar-refractivity contribution is -0.125. The van der Waals surface area contributed by atoms with Gasteiger partial charge in [0.15, 0.2) is 6.61 Å². The standard InChI is InChI=1S/C22H24ClFN2O5S/c1-26(17-9-7-15(24)8-10-17)32(29,30)18-11-12-20(23)19(13-18)22(28)31-14-21(27)25-16-5-3-2-4-6-16/h7-13,16H,2-6,14H2,1H3,(H,25,27). The molecule has 1 aliphatic rings. The molecule has 0 heterocycles. The average Bonchev–Trinajstić information content (AvgIpc) is 2.78. The minimum atomic E-state index is -4.06. The molecule has 0 aromatic heterocycles. The summed E-state index contributed by atoms with van der Waals surface area (Å²) in [5.74, 6) is -1.82. The molecule has 10 heteroatoms. The quantitative estimate of drug-likeness (QED) is 0.604. The fraction of sp³-hybridized carbons (Fsp3) is 0.364. The van der Waals surface area contributed by atoms with Crippen LogP contribution in [0.15, 0.2) is 47.4 Å². The van der Waals surface area contributed by atoms with Gasteiger partial charge in [-0.1, -0.05) is 30.9 Å². The molecular weight excluding hydrogens is 459 g/mol. The number of ether oxygens (including phenoxy) is 1. The molecule has 1 aliphatic carbocycles. The van der Waals surface area contributed by atoms with Gasteiger partial charge < -0.3 is 10.1 Å². The third-order valence-corrected chi connectivity index (χ3v) is 7.42. The van der Waals surface area contributed by atoms with Gasteiger partial charge in [0.1, 0.15) is 5.82 Å². The number of nitrogens with zero attached hydrogens (tertiary/aromatic N) is 1. The Morgan fingerprint density at radius 3 is 2.44 bits per heavy atom. The number of carbonyl (C=O) groups excluding carboxylic acids is 2. The fourth-order valence-corrected chi connectivity index (χ4v) is 4.91. The molecule has 0 unspecified atom stereocenters. The van der Waals surface area contributed by atoms with Crippen LogP contribution < -0.4 is 9.62 Å². The van der Waals surface area contributed by atoms with Crippen molar-refractivity contribution in [2.45, 2.75) is 43.0 Å². The second-order valence-corrected chi connectivity index (χ2v) is 9.95. The van der Waals surface area contributed by atoms with E-state index in [9.17, 15) is 22.4 Å². The van der Waals surface area contributed by atoms with Crippen molar-refractivity contribution in [3.05, 3.63) is 58.9 Å². The van der Waals surface area contributed by atoms with Crippen molar-refractivity contribution in [3.8, 4) is 0 Å². The topological polar surface area (TPSA) is 92.8 Å². The monoisotopic (exact) mass is 482 g/mol. The first kappa shape index (κ1) is 24.0. The smallest absolute Gasteiger partial charge is 0.340 e. The van der Waals surface area contributed by atoms with Crippen molar-refractivity contribution in [1.29, 1.82) is 0 Å². The maximum atomic E-state index is 13.2. The molecule has 172 valence electrons. The number of nitrogens with one attached hydrogen (secondary N) is 1. The van der Waals surface area contributed by atoms with Gasteiger partial charge in [-0.3, -0.25) is 9.10 Å². The number of halogens is 2. The number of hydrogen-bond acceptors (Lipinski definition) is 5. The van der Waals surface area contributed by atoms with E-state index < -0.39 is 34.3 Å². The van der Waals surface area contributed by atoms with Crippen LogP contribution in [-0.2, 0) is 19.6 Å². The molecule has 0 saturated heterocycles. The third-order valence-electron chi connectivity index (χ3n) is 5.31. The van der Waals surface area contributed by atoms with E-state index in [0.717, 1.165) is 54.6 Å². The largest absolute Gasteiger partial charge is 0.452 e. The van der Waals surface area contributed by atoms with E-state index in [1.807, 2.05) is 0 Å². The predicted molar refractivity (Wildman–Crippen MR) is 119 cm³/mol.